The monoisotopic (exact) mass is 1600 g/mol. The third kappa shape index (κ3) is 49.5. The second-order valence-electron chi connectivity index (χ2n) is 24.1. The van der Waals surface area contributed by atoms with E-state index in [2.05, 4.69) is 20.6 Å². The Kier molecular flexibility index (Phi) is 56.6. The smallest absolute Gasteiger partial charge is 0.303 e. The maximum Gasteiger partial charge on any atom is 0.303 e. The molecule has 0 N–H and O–H groups in total. The molecular weight excluding hydrogens is 1480 g/mol. The van der Waals surface area contributed by atoms with Crippen LogP contribution in [0, 0.1) is 0 Å². The molecule has 111 heavy (non-hydrogen) atoms. The topological polar surface area (TPSA) is 432 Å². The summed E-state index contributed by atoms with van der Waals surface area (Å²) in [6.45, 7) is 27.5. The number of hydrogen-bond acceptors (Lipinski definition) is 39. The van der Waals surface area contributed by atoms with Gasteiger partial charge in [0.1, 0.15) is 11.4 Å². The van der Waals surface area contributed by atoms with Crippen molar-refractivity contribution in [2.45, 2.75) is 143 Å². The van der Waals surface area contributed by atoms with Gasteiger partial charge in [-0.1, -0.05) is 10.4 Å². The molecule has 2 saturated heterocycles. The van der Waals surface area contributed by atoms with Gasteiger partial charge in [-0.05, 0) is 13.8 Å². The summed E-state index contributed by atoms with van der Waals surface area (Å²) in [6.07, 6.45) is -7.34. The zero-order valence-corrected chi connectivity index (χ0v) is 65.6. The molecule has 0 amide bonds. The number of hydrogen-bond donors (Lipinski definition) is 0. The van der Waals surface area contributed by atoms with Crippen LogP contribution in [0.4, 0.5) is 0 Å². The summed E-state index contributed by atoms with van der Waals surface area (Å²) < 4.78 is 164. The maximum absolute atomic E-state index is 11.9. The van der Waals surface area contributed by atoms with Crippen LogP contribution in [0.1, 0.15) is 66.8 Å². The van der Waals surface area contributed by atoms with E-state index in [0.29, 0.717) is 276 Å². The van der Waals surface area contributed by atoms with E-state index in [-0.39, 0.29) is 13.2 Å². The molecule has 2 aliphatic heterocycles. The lowest BCUT2D eigenvalue weighted by atomic mass is 9.99. The SMILES string of the molecule is CC(=O)OC1C(OC(C)=O)[C@H](OC(C)=O)C(C)O[C@H]1OCc1cn(CCOCCOCCOCCOCCOCCOCCOCCOCCOCCOCCOCCOCCOCCOCCOCCOCCOCCOCCOCCn2cc(CO[C@@H]3OC(C)[C@@H](OC(C)=O)C(OC(C)=O)[C@H]3OC(C)=O)nn2)nn1. The van der Waals surface area contributed by atoms with Gasteiger partial charge in [-0.3, -0.25) is 28.8 Å². The van der Waals surface area contributed by atoms with Crippen LogP contribution >= 0.6 is 0 Å². The van der Waals surface area contributed by atoms with Crippen LogP contribution in [0.25, 0.3) is 0 Å². The highest BCUT2D eigenvalue weighted by Gasteiger charge is 2.52. The van der Waals surface area contributed by atoms with Gasteiger partial charge in [0.05, 0.1) is 302 Å². The van der Waals surface area contributed by atoms with Crippen molar-refractivity contribution in [1.29, 1.82) is 0 Å². The first-order valence-corrected chi connectivity index (χ1v) is 37.3. The van der Waals surface area contributed by atoms with Crippen LogP contribution in [-0.2, 0) is 192 Å². The van der Waals surface area contributed by atoms with Crippen LogP contribution in [0.15, 0.2) is 12.4 Å². The van der Waals surface area contributed by atoms with Crippen molar-refractivity contribution < 1.29 is 166 Å². The summed E-state index contributed by atoms with van der Waals surface area (Å²) in [5.74, 6) is -3.92. The molecule has 2 aromatic heterocycles. The second kappa shape index (κ2) is 64.5. The van der Waals surface area contributed by atoms with Crippen LogP contribution < -0.4 is 0 Å². The zero-order chi connectivity index (χ0) is 80.0. The van der Waals surface area contributed by atoms with Crippen molar-refractivity contribution >= 4 is 35.8 Å². The number of carbonyl (C=O) groups is 6. The van der Waals surface area contributed by atoms with E-state index < -0.39 is 97.2 Å². The Morgan fingerprint density at radius 1 is 0.270 bits per heavy atom. The van der Waals surface area contributed by atoms with Gasteiger partial charge >= 0.3 is 35.8 Å². The fourth-order valence-corrected chi connectivity index (χ4v) is 9.95. The van der Waals surface area contributed by atoms with Crippen molar-refractivity contribution in [2.75, 3.05) is 251 Å². The fraction of sp³-hybridized carbons (Fsp3) is 0.857. The number of rotatable bonds is 72. The van der Waals surface area contributed by atoms with Crippen molar-refractivity contribution in [3.05, 3.63) is 23.8 Å². The summed E-state index contributed by atoms with van der Waals surface area (Å²) in [4.78, 5) is 71.2. The normalized spacial score (nSPS) is 19.8. The van der Waals surface area contributed by atoms with Gasteiger partial charge in [0.2, 0.25) is 0 Å². The summed E-state index contributed by atoms with van der Waals surface area (Å²) in [6, 6.07) is 0. The highest BCUT2D eigenvalue weighted by molar-refractivity contribution is 5.69. The lowest BCUT2D eigenvalue weighted by molar-refractivity contribution is -0.303. The minimum Gasteiger partial charge on any atom is -0.456 e. The maximum atomic E-state index is 11.9. The van der Waals surface area contributed by atoms with Crippen molar-refractivity contribution in [2.24, 2.45) is 0 Å². The highest BCUT2D eigenvalue weighted by atomic mass is 16.7. The minimum absolute atomic E-state index is 0.0722. The summed E-state index contributed by atoms with van der Waals surface area (Å²) >= 11 is 0. The molecule has 4 rings (SSSR count). The average molecular weight is 1610 g/mol. The Balaban J connectivity index is 0.757. The first-order chi connectivity index (χ1) is 54.0. The van der Waals surface area contributed by atoms with Crippen molar-refractivity contribution in [3.63, 3.8) is 0 Å². The average Bonchev–Trinajstić information content (AvgIpc) is 1.10. The molecule has 640 valence electrons. The van der Waals surface area contributed by atoms with E-state index in [4.69, 9.17) is 137 Å². The predicted octanol–water partition coefficient (Wildman–Crippen LogP) is -0.00180. The Morgan fingerprint density at radius 2 is 0.441 bits per heavy atom. The van der Waals surface area contributed by atoms with E-state index in [1.165, 1.54) is 41.5 Å². The molecule has 2 aliphatic rings. The van der Waals surface area contributed by atoms with Crippen LogP contribution in [0.5, 0.6) is 0 Å². The van der Waals surface area contributed by atoms with Gasteiger partial charge in [-0.2, -0.15) is 0 Å². The Hall–Kier alpha value is -5.82. The first-order valence-electron chi connectivity index (χ1n) is 37.3. The molecule has 4 heterocycles. The largest absolute Gasteiger partial charge is 0.456 e. The van der Waals surface area contributed by atoms with Crippen LogP contribution in [0.3, 0.4) is 0 Å². The molecule has 0 spiro atoms. The van der Waals surface area contributed by atoms with E-state index in [1.54, 1.807) is 35.6 Å². The molecule has 2 fully saturated rings. The number of nitrogens with zero attached hydrogens (tertiary/aromatic N) is 6. The molecular formula is C70H120N6O35. The number of aromatic nitrogens is 6. The minimum atomic E-state index is -1.22. The van der Waals surface area contributed by atoms with Crippen LogP contribution in [0.2, 0.25) is 0 Å². The molecule has 2 aromatic rings. The third-order valence-corrected chi connectivity index (χ3v) is 14.9. The molecule has 10 atom stereocenters. The van der Waals surface area contributed by atoms with Gasteiger partial charge in [0, 0.05) is 41.5 Å². The Bertz CT molecular complexity index is 2520. The number of ether oxygens (including phenoxy) is 29. The number of carbonyl (C=O) groups excluding carboxylic acids is 6. The Morgan fingerprint density at radius 3 is 0.631 bits per heavy atom. The van der Waals surface area contributed by atoms with E-state index in [1.807, 2.05) is 0 Å². The van der Waals surface area contributed by atoms with Gasteiger partial charge in [-0.15, -0.1) is 10.2 Å². The lowest BCUT2D eigenvalue weighted by Crippen LogP contribution is -2.61. The third-order valence-electron chi connectivity index (χ3n) is 14.9. The Labute approximate surface area is 647 Å². The molecule has 0 aromatic carbocycles. The summed E-state index contributed by atoms with van der Waals surface area (Å²) in [5.41, 5.74) is 0.913. The van der Waals surface area contributed by atoms with Crippen molar-refractivity contribution in [1.82, 2.24) is 30.0 Å². The molecule has 41 heteroatoms. The molecule has 41 nitrogen and oxygen atoms in total. The van der Waals surface area contributed by atoms with Gasteiger partial charge in [0.25, 0.3) is 0 Å². The standard InChI is InChI=1S/C70H120N6O35/c1-53-63(106-55(3)77)65(108-57(5)79)67(110-59(7)81)69(104-53)102-51-61-49-75(73-71-61)9-11-83-13-15-85-17-19-87-21-23-89-25-27-91-29-31-93-33-35-95-37-39-97-41-43-99-45-47-101-48-46-100-44-42-98-40-38-96-36-34-94-32-30-92-28-26-90-24-22-88-20-18-86-16-14-84-12-10-76-50-62(72-74-76)52-103-70-68(111-60(8)82)66(109-58(6)80)64(54(2)105-70)107-56(4)78/h49-50,53-54,63-70H,9-48,51-52H2,1-8H3/t53?,54?,63-,64-,65?,66?,67-,68?,69-,70-/m1/s1. The van der Waals surface area contributed by atoms with Crippen LogP contribution in [-0.4, -0.2) is 378 Å². The summed E-state index contributed by atoms with van der Waals surface area (Å²) in [5, 5.41) is 16.4. The summed E-state index contributed by atoms with van der Waals surface area (Å²) in [7, 11) is 0. The zero-order valence-electron chi connectivity index (χ0n) is 65.6. The van der Waals surface area contributed by atoms with Gasteiger partial charge in [-0.25, -0.2) is 9.36 Å². The van der Waals surface area contributed by atoms with E-state index in [9.17, 15) is 28.8 Å². The highest BCUT2D eigenvalue weighted by Crippen LogP contribution is 2.31. The van der Waals surface area contributed by atoms with E-state index in [0.717, 1.165) is 0 Å². The van der Waals surface area contributed by atoms with Gasteiger partial charge in [0.15, 0.2) is 49.2 Å². The molecule has 0 saturated carbocycles. The van der Waals surface area contributed by atoms with E-state index >= 15 is 0 Å². The lowest BCUT2D eigenvalue weighted by Gasteiger charge is -2.43. The first kappa shape index (κ1) is 97.5. The molecule has 0 radical (unpaired) electrons. The fourth-order valence-electron chi connectivity index (χ4n) is 9.95. The van der Waals surface area contributed by atoms with Crippen molar-refractivity contribution in [3.8, 4) is 0 Å². The molecule has 0 bridgehead atoms. The quantitative estimate of drug-likeness (QED) is 0.0478. The predicted molar refractivity (Wildman–Crippen MR) is 377 cm³/mol. The van der Waals surface area contributed by atoms with Gasteiger partial charge < -0.3 is 137 Å². The number of esters is 6. The second-order valence-corrected chi connectivity index (χ2v) is 24.1. The molecule has 0 aliphatic carbocycles. The molecule has 5 unspecified atom stereocenters.